The molecule has 4 nitrogen and oxygen atoms in total. The first kappa shape index (κ1) is 24.3. The van der Waals surface area contributed by atoms with Crippen LogP contribution >= 0.6 is 0 Å². The zero-order chi connectivity index (χ0) is 23.0. The van der Waals surface area contributed by atoms with Crippen LogP contribution in [-0.4, -0.2) is 23.1 Å². The van der Waals surface area contributed by atoms with Crippen molar-refractivity contribution in [2.75, 3.05) is 17.2 Å². The number of para-hydroxylation sites is 1. The third-order valence-electron chi connectivity index (χ3n) is 6.01. The lowest BCUT2D eigenvalue weighted by atomic mass is 9.79. The lowest BCUT2D eigenvalue weighted by molar-refractivity contribution is -0.106. The fourth-order valence-electron chi connectivity index (χ4n) is 4.32. The van der Waals surface area contributed by atoms with Gasteiger partial charge in [-0.15, -0.1) is 0 Å². The topological polar surface area (TPSA) is 52.6 Å². The summed E-state index contributed by atoms with van der Waals surface area (Å²) in [7, 11) is 0. The second-order valence-electron chi connectivity index (χ2n) is 8.49. The molecule has 0 fully saturated rings. The van der Waals surface area contributed by atoms with Gasteiger partial charge in [0.1, 0.15) is 17.8 Å². The first-order chi connectivity index (χ1) is 15.5. The maximum absolute atomic E-state index is 13.7. The van der Waals surface area contributed by atoms with Gasteiger partial charge >= 0.3 is 0 Å². The van der Waals surface area contributed by atoms with Gasteiger partial charge in [-0.2, -0.15) is 4.39 Å². The van der Waals surface area contributed by atoms with E-state index >= 15 is 0 Å². The number of fused-ring (bicyclic) bond motifs is 1. The number of benzene rings is 2. The van der Waals surface area contributed by atoms with E-state index in [9.17, 15) is 13.7 Å². The summed E-state index contributed by atoms with van der Waals surface area (Å²) in [4.78, 5) is 13.5. The fourth-order valence-corrected chi connectivity index (χ4v) is 6.07. The van der Waals surface area contributed by atoms with Crippen LogP contribution in [0.25, 0.3) is 0 Å². The molecule has 0 aromatic heterocycles. The van der Waals surface area contributed by atoms with Crippen LogP contribution in [0.15, 0.2) is 65.5 Å². The van der Waals surface area contributed by atoms with Gasteiger partial charge in [0.05, 0.1) is 5.69 Å². The molecule has 1 unspecified atom stereocenters. The predicted octanol–water partition coefficient (Wildman–Crippen LogP) is 6.70. The van der Waals surface area contributed by atoms with Crippen LogP contribution in [0.3, 0.4) is 0 Å². The monoisotopic (exact) mass is 457 g/mol. The minimum atomic E-state index is -1.24. The third kappa shape index (κ3) is 5.93. The van der Waals surface area contributed by atoms with E-state index in [1.165, 1.54) is 0 Å². The molecule has 0 radical (unpaired) electrons. The van der Waals surface area contributed by atoms with Gasteiger partial charge in [-0.25, -0.2) is 0 Å². The average Bonchev–Trinajstić information content (AvgIpc) is 2.95. The molecule has 2 aromatic rings. The molecule has 32 heavy (non-hydrogen) atoms. The van der Waals surface area contributed by atoms with Crippen LogP contribution in [0.1, 0.15) is 52.4 Å². The first-order valence-corrected chi connectivity index (χ1v) is 12.7. The summed E-state index contributed by atoms with van der Waals surface area (Å²) in [5, 5.41) is 0. The number of nitrogens with zero attached hydrogens (tertiary/aromatic N) is 1. The summed E-state index contributed by atoms with van der Waals surface area (Å²) in [6, 6.07) is 15.5. The molecule has 6 heteroatoms. The number of rotatable bonds is 10. The van der Waals surface area contributed by atoms with Crippen LogP contribution in [0, 0.1) is 5.41 Å². The third-order valence-corrected chi connectivity index (χ3v) is 7.70. The molecule has 0 spiro atoms. The van der Waals surface area contributed by atoms with Crippen molar-refractivity contribution in [1.29, 1.82) is 0 Å². The van der Waals surface area contributed by atoms with Crippen molar-refractivity contribution in [3.63, 3.8) is 0 Å². The molecule has 1 atom stereocenters. The van der Waals surface area contributed by atoms with E-state index in [1.807, 2.05) is 24.3 Å². The van der Waals surface area contributed by atoms with Crippen molar-refractivity contribution >= 4 is 28.8 Å². The van der Waals surface area contributed by atoms with Crippen molar-refractivity contribution < 1.29 is 18.5 Å². The number of halogens is 1. The van der Waals surface area contributed by atoms with Gasteiger partial charge < -0.3 is 14.2 Å². The molecule has 1 aliphatic heterocycles. The molecule has 3 rings (SSSR count). The smallest absolute Gasteiger partial charge is 0.197 e. The molecular formula is C26H32FNO3S. The maximum Gasteiger partial charge on any atom is 0.197 e. The number of ether oxygens (including phenoxy) is 1. The van der Waals surface area contributed by atoms with Crippen LogP contribution in [0.2, 0.25) is 0 Å². The number of hydrogen-bond donors (Lipinski definition) is 0. The Kier molecular flexibility index (Phi) is 8.76. The molecule has 0 bridgehead atoms. The van der Waals surface area contributed by atoms with Gasteiger partial charge in [-0.05, 0) is 48.3 Å². The average molecular weight is 458 g/mol. The number of aldehydes is 1. The quantitative estimate of drug-likeness (QED) is 0.172. The molecule has 0 N–H and O–H groups in total. The van der Waals surface area contributed by atoms with Gasteiger partial charge in [0.2, 0.25) is 0 Å². The Morgan fingerprint density at radius 2 is 1.84 bits per heavy atom. The summed E-state index contributed by atoms with van der Waals surface area (Å²) in [5.74, 6) is -0.0486. The Bertz CT molecular complexity index is 911. The SMILES string of the molecule is CCCCC1(CCCC)CN(c2ccccc2)c2ccc(O/C=C(\F)C=O)cc2[S+]([O-])C1. The standard InChI is InChI=1S/C26H32FNO3S/c1-3-5-14-26(15-6-4-2)19-28(22-10-8-7-9-11-22)24-13-12-23(31-18-21(27)17-29)16-25(24)32(30)20-26/h7-13,16-18H,3-6,14-15,19-20H2,1-2H3/b21-18-. The summed E-state index contributed by atoms with van der Waals surface area (Å²) in [5.41, 5.74) is 1.89. The van der Waals surface area contributed by atoms with Crippen molar-refractivity contribution in [3.8, 4) is 5.75 Å². The lowest BCUT2D eigenvalue weighted by Gasteiger charge is -2.36. The summed E-state index contributed by atoms with van der Waals surface area (Å²) < 4.78 is 32.2. The highest BCUT2D eigenvalue weighted by Crippen LogP contribution is 2.45. The van der Waals surface area contributed by atoms with E-state index in [0.717, 1.165) is 62.7 Å². The predicted molar refractivity (Wildman–Crippen MR) is 129 cm³/mol. The molecule has 0 saturated carbocycles. The van der Waals surface area contributed by atoms with Crippen molar-refractivity contribution in [3.05, 3.63) is 60.6 Å². The van der Waals surface area contributed by atoms with Crippen molar-refractivity contribution in [2.24, 2.45) is 5.41 Å². The molecule has 0 aliphatic carbocycles. The van der Waals surface area contributed by atoms with E-state index in [2.05, 4.69) is 30.9 Å². The minimum Gasteiger partial charge on any atom is -0.611 e. The molecule has 1 heterocycles. The first-order valence-electron chi connectivity index (χ1n) is 11.3. The Morgan fingerprint density at radius 1 is 1.16 bits per heavy atom. The number of unbranched alkanes of at least 4 members (excludes halogenated alkanes) is 2. The normalized spacial score (nSPS) is 18.1. The van der Waals surface area contributed by atoms with Gasteiger partial charge in [-0.1, -0.05) is 57.7 Å². The van der Waals surface area contributed by atoms with Crippen LogP contribution < -0.4 is 9.64 Å². The maximum atomic E-state index is 13.7. The fraction of sp³-hybridized carbons (Fsp3) is 0.423. The number of anilines is 2. The Hall–Kier alpha value is -2.31. The zero-order valence-corrected chi connectivity index (χ0v) is 19.7. The van der Waals surface area contributed by atoms with Crippen LogP contribution in [0.4, 0.5) is 15.8 Å². The second kappa shape index (κ2) is 11.5. The molecule has 0 amide bonds. The van der Waals surface area contributed by atoms with Gasteiger partial charge in [0, 0.05) is 23.7 Å². The van der Waals surface area contributed by atoms with E-state index < -0.39 is 17.0 Å². The lowest BCUT2D eigenvalue weighted by Crippen LogP contribution is -2.38. The summed E-state index contributed by atoms with van der Waals surface area (Å²) >= 11 is -1.24. The number of hydrogen-bond acceptors (Lipinski definition) is 4. The zero-order valence-electron chi connectivity index (χ0n) is 18.9. The Labute approximate surface area is 193 Å². The minimum absolute atomic E-state index is 0.0592. The van der Waals surface area contributed by atoms with E-state index in [0.29, 0.717) is 16.4 Å². The van der Waals surface area contributed by atoms with Crippen molar-refractivity contribution in [1.82, 2.24) is 0 Å². The van der Waals surface area contributed by atoms with E-state index in [1.54, 1.807) is 12.1 Å². The Balaban J connectivity index is 2.06. The highest BCUT2D eigenvalue weighted by atomic mass is 32.2. The largest absolute Gasteiger partial charge is 0.611 e. The van der Waals surface area contributed by atoms with Gasteiger partial charge in [0.25, 0.3) is 0 Å². The molecular weight excluding hydrogens is 425 g/mol. The summed E-state index contributed by atoms with van der Waals surface area (Å²) in [6.45, 7) is 5.19. The van der Waals surface area contributed by atoms with Crippen LogP contribution in [-0.2, 0) is 16.0 Å². The van der Waals surface area contributed by atoms with E-state index in [-0.39, 0.29) is 11.7 Å². The number of carbonyl (C=O) groups excluding carboxylic acids is 1. The second-order valence-corrected chi connectivity index (χ2v) is 9.91. The highest BCUT2D eigenvalue weighted by Gasteiger charge is 2.42. The van der Waals surface area contributed by atoms with Crippen LogP contribution in [0.5, 0.6) is 5.75 Å². The highest BCUT2D eigenvalue weighted by molar-refractivity contribution is 7.91. The van der Waals surface area contributed by atoms with Gasteiger partial charge in [-0.3, -0.25) is 4.79 Å². The summed E-state index contributed by atoms with van der Waals surface area (Å²) in [6.07, 6.45) is 7.34. The van der Waals surface area contributed by atoms with Gasteiger partial charge in [0.15, 0.2) is 17.0 Å². The number of carbonyl (C=O) groups is 1. The molecule has 0 saturated heterocycles. The molecule has 2 aromatic carbocycles. The number of allylic oxidation sites excluding steroid dienone is 1. The molecule has 172 valence electrons. The van der Waals surface area contributed by atoms with E-state index in [4.69, 9.17) is 4.74 Å². The Morgan fingerprint density at radius 3 is 2.47 bits per heavy atom. The van der Waals surface area contributed by atoms with Crippen molar-refractivity contribution in [2.45, 2.75) is 57.3 Å². The molecule has 1 aliphatic rings.